The van der Waals surface area contributed by atoms with Crippen molar-refractivity contribution in [3.63, 3.8) is 0 Å². The second-order valence-corrected chi connectivity index (χ2v) is 6.62. The van der Waals surface area contributed by atoms with Crippen LogP contribution in [0.25, 0.3) is 0 Å². The van der Waals surface area contributed by atoms with E-state index in [1.165, 1.54) is 0 Å². The van der Waals surface area contributed by atoms with Gasteiger partial charge in [-0.25, -0.2) is 0 Å². The Kier molecular flexibility index (Phi) is 6.24. The predicted octanol–water partition coefficient (Wildman–Crippen LogP) is 2.71. The Bertz CT molecular complexity index is 266. The summed E-state index contributed by atoms with van der Waals surface area (Å²) >= 11 is 0. The predicted molar refractivity (Wildman–Crippen MR) is 77.3 cm³/mol. The van der Waals surface area contributed by atoms with Gasteiger partial charge in [-0.15, -0.1) is 0 Å². The number of hydrogen-bond donors (Lipinski definition) is 1. The average Bonchev–Trinajstić information content (AvgIpc) is 2.99. The summed E-state index contributed by atoms with van der Waals surface area (Å²) in [6.07, 6.45) is 2.79. The summed E-state index contributed by atoms with van der Waals surface area (Å²) in [4.78, 5) is 0. The Morgan fingerprint density at radius 1 is 1.11 bits per heavy atom. The molecular weight excluding hydrogens is 242 g/mol. The first kappa shape index (κ1) is 16.9. The molecule has 1 aliphatic rings. The van der Waals surface area contributed by atoms with Crippen LogP contribution in [0.1, 0.15) is 54.4 Å². The minimum atomic E-state index is -0.247. The molecule has 0 radical (unpaired) electrons. The summed E-state index contributed by atoms with van der Waals surface area (Å²) < 4.78 is 17.1. The molecule has 0 aromatic rings. The van der Waals surface area contributed by atoms with Gasteiger partial charge in [0.2, 0.25) is 0 Å². The molecule has 1 saturated heterocycles. The first-order chi connectivity index (χ1) is 8.76. The normalized spacial score (nSPS) is 23.7. The molecule has 1 fully saturated rings. The molecule has 0 spiro atoms. The van der Waals surface area contributed by atoms with Crippen LogP contribution in [0.5, 0.6) is 0 Å². The summed E-state index contributed by atoms with van der Waals surface area (Å²) in [6.45, 7) is 14.8. The van der Waals surface area contributed by atoms with Crippen LogP contribution in [0.15, 0.2) is 0 Å². The lowest BCUT2D eigenvalue weighted by molar-refractivity contribution is -0.121. The standard InChI is InChI=1S/C15H31NO3/c1-7-8-14(3,4)18-11-15(5,6)17-10-9-16-13-12(2)19-13/h12-13,16H,7-11H2,1-6H3. The molecule has 2 atom stereocenters. The summed E-state index contributed by atoms with van der Waals surface area (Å²) in [5, 5.41) is 3.28. The van der Waals surface area contributed by atoms with Gasteiger partial charge >= 0.3 is 0 Å². The van der Waals surface area contributed by atoms with E-state index in [2.05, 4.69) is 46.9 Å². The van der Waals surface area contributed by atoms with E-state index in [-0.39, 0.29) is 17.4 Å². The lowest BCUT2D eigenvalue weighted by Gasteiger charge is -2.32. The zero-order chi connectivity index (χ0) is 14.5. The van der Waals surface area contributed by atoms with Crippen LogP contribution < -0.4 is 5.32 Å². The Labute approximate surface area is 118 Å². The molecule has 4 heteroatoms. The molecule has 19 heavy (non-hydrogen) atoms. The molecule has 0 aromatic heterocycles. The molecule has 0 aliphatic carbocycles. The second kappa shape index (κ2) is 7.02. The van der Waals surface area contributed by atoms with Gasteiger partial charge in [0.05, 0.1) is 30.5 Å². The van der Waals surface area contributed by atoms with E-state index in [0.29, 0.717) is 19.3 Å². The Balaban J connectivity index is 2.12. The van der Waals surface area contributed by atoms with Gasteiger partial charge in [0, 0.05) is 6.54 Å². The number of rotatable bonds is 10. The van der Waals surface area contributed by atoms with Crippen molar-refractivity contribution >= 4 is 0 Å². The lowest BCUT2D eigenvalue weighted by Crippen LogP contribution is -2.38. The highest BCUT2D eigenvalue weighted by Crippen LogP contribution is 2.20. The number of epoxide rings is 1. The van der Waals surface area contributed by atoms with Gasteiger partial charge in [-0.3, -0.25) is 5.32 Å². The van der Waals surface area contributed by atoms with E-state index in [4.69, 9.17) is 14.2 Å². The molecule has 1 heterocycles. The van der Waals surface area contributed by atoms with Crippen molar-refractivity contribution in [1.29, 1.82) is 0 Å². The first-order valence-electron chi connectivity index (χ1n) is 7.42. The summed E-state index contributed by atoms with van der Waals surface area (Å²) in [5.74, 6) is 0. The van der Waals surface area contributed by atoms with Gasteiger partial charge in [-0.05, 0) is 41.0 Å². The van der Waals surface area contributed by atoms with Gasteiger partial charge in [0.25, 0.3) is 0 Å². The number of ether oxygens (including phenoxy) is 3. The zero-order valence-electron chi connectivity index (χ0n) is 13.4. The molecular formula is C15H31NO3. The summed E-state index contributed by atoms with van der Waals surface area (Å²) in [5.41, 5.74) is -0.312. The quantitative estimate of drug-likeness (QED) is 0.491. The maximum absolute atomic E-state index is 5.97. The highest BCUT2D eigenvalue weighted by molar-refractivity contribution is 4.78. The second-order valence-electron chi connectivity index (χ2n) is 6.62. The van der Waals surface area contributed by atoms with Gasteiger partial charge < -0.3 is 14.2 Å². The molecule has 1 N–H and O–H groups in total. The molecule has 1 aliphatic heterocycles. The van der Waals surface area contributed by atoms with Gasteiger partial charge in [-0.1, -0.05) is 13.3 Å². The van der Waals surface area contributed by atoms with Crippen molar-refractivity contribution in [2.75, 3.05) is 19.8 Å². The Morgan fingerprint density at radius 2 is 1.74 bits per heavy atom. The fourth-order valence-corrected chi connectivity index (χ4v) is 2.01. The molecule has 1 rings (SSSR count). The molecule has 0 aromatic carbocycles. The summed E-state index contributed by atoms with van der Waals surface area (Å²) in [7, 11) is 0. The van der Waals surface area contributed by atoms with Crippen LogP contribution in [0.2, 0.25) is 0 Å². The van der Waals surface area contributed by atoms with E-state index in [1.807, 2.05) is 0 Å². The van der Waals surface area contributed by atoms with Crippen molar-refractivity contribution < 1.29 is 14.2 Å². The van der Waals surface area contributed by atoms with Crippen LogP contribution >= 0.6 is 0 Å². The van der Waals surface area contributed by atoms with Crippen molar-refractivity contribution in [3.8, 4) is 0 Å². The lowest BCUT2D eigenvalue weighted by atomic mass is 10.0. The van der Waals surface area contributed by atoms with Crippen LogP contribution in [0, 0.1) is 0 Å². The maximum atomic E-state index is 5.97. The van der Waals surface area contributed by atoms with Crippen LogP contribution in [-0.2, 0) is 14.2 Å². The monoisotopic (exact) mass is 273 g/mol. The van der Waals surface area contributed by atoms with Gasteiger partial charge in [0.15, 0.2) is 0 Å². The van der Waals surface area contributed by atoms with Crippen LogP contribution in [0.4, 0.5) is 0 Å². The topological polar surface area (TPSA) is 43.0 Å². The minimum Gasteiger partial charge on any atom is -0.373 e. The SMILES string of the molecule is CCCC(C)(C)OCC(C)(C)OCCNC1OC1C. The van der Waals surface area contributed by atoms with E-state index >= 15 is 0 Å². The number of hydrogen-bond acceptors (Lipinski definition) is 4. The van der Waals surface area contributed by atoms with Crippen molar-refractivity contribution in [2.45, 2.75) is 77.9 Å². The summed E-state index contributed by atoms with van der Waals surface area (Å²) in [6, 6.07) is 0. The third-order valence-corrected chi connectivity index (χ3v) is 3.31. The molecule has 0 saturated carbocycles. The van der Waals surface area contributed by atoms with E-state index < -0.39 is 0 Å². The van der Waals surface area contributed by atoms with E-state index in [1.54, 1.807) is 0 Å². The maximum Gasteiger partial charge on any atom is 0.135 e. The third-order valence-electron chi connectivity index (χ3n) is 3.31. The zero-order valence-corrected chi connectivity index (χ0v) is 13.4. The van der Waals surface area contributed by atoms with Crippen molar-refractivity contribution in [1.82, 2.24) is 5.32 Å². The van der Waals surface area contributed by atoms with Gasteiger partial charge in [0.1, 0.15) is 6.23 Å². The molecule has 114 valence electrons. The molecule has 4 nitrogen and oxygen atoms in total. The van der Waals surface area contributed by atoms with Crippen LogP contribution in [0.3, 0.4) is 0 Å². The number of nitrogens with one attached hydrogen (secondary N) is 1. The highest BCUT2D eigenvalue weighted by atomic mass is 16.6. The average molecular weight is 273 g/mol. The molecule has 0 bridgehead atoms. The molecule has 0 amide bonds. The fraction of sp³-hybridized carbons (Fsp3) is 1.00. The largest absolute Gasteiger partial charge is 0.373 e. The van der Waals surface area contributed by atoms with Crippen molar-refractivity contribution in [3.05, 3.63) is 0 Å². The Hall–Kier alpha value is -0.160. The minimum absolute atomic E-state index is 0.0646. The van der Waals surface area contributed by atoms with Gasteiger partial charge in [-0.2, -0.15) is 0 Å². The first-order valence-corrected chi connectivity index (χ1v) is 7.42. The molecule has 2 unspecified atom stereocenters. The van der Waals surface area contributed by atoms with E-state index in [9.17, 15) is 0 Å². The smallest absolute Gasteiger partial charge is 0.135 e. The van der Waals surface area contributed by atoms with E-state index in [0.717, 1.165) is 19.4 Å². The third kappa shape index (κ3) is 7.25. The highest BCUT2D eigenvalue weighted by Gasteiger charge is 2.33. The van der Waals surface area contributed by atoms with Crippen molar-refractivity contribution in [2.24, 2.45) is 0 Å². The van der Waals surface area contributed by atoms with Crippen LogP contribution in [-0.4, -0.2) is 43.3 Å². The Morgan fingerprint density at radius 3 is 2.26 bits per heavy atom. The fourth-order valence-electron chi connectivity index (χ4n) is 2.01.